The number of rotatable bonds is 4. The van der Waals surface area contributed by atoms with E-state index in [2.05, 4.69) is 25.1 Å². The number of ether oxygens (including phenoxy) is 1. The number of hydrogen-bond acceptors (Lipinski definition) is 5. The molecule has 1 atom stereocenters. The van der Waals surface area contributed by atoms with Crippen molar-refractivity contribution in [3.8, 4) is 0 Å². The summed E-state index contributed by atoms with van der Waals surface area (Å²) in [5.41, 5.74) is 6.45. The molecule has 2 heterocycles. The van der Waals surface area contributed by atoms with Gasteiger partial charge in [-0.3, -0.25) is 0 Å². The summed E-state index contributed by atoms with van der Waals surface area (Å²) in [6.07, 6.45) is 3.75. The molecule has 5 aromatic rings. The van der Waals surface area contributed by atoms with Gasteiger partial charge in [-0.1, -0.05) is 67.1 Å². The van der Waals surface area contributed by atoms with Crippen LogP contribution in [0.15, 0.2) is 82.0 Å². The van der Waals surface area contributed by atoms with E-state index in [1.165, 1.54) is 6.07 Å². The van der Waals surface area contributed by atoms with Gasteiger partial charge in [0.15, 0.2) is 0 Å². The van der Waals surface area contributed by atoms with Crippen molar-refractivity contribution in [1.82, 2.24) is 4.98 Å². The summed E-state index contributed by atoms with van der Waals surface area (Å²) in [5.74, 6) is -0.118. The molecular formula is C33H26ClNO4. The lowest BCUT2D eigenvalue weighted by molar-refractivity contribution is 0.0474. The molecule has 0 fully saturated rings. The van der Waals surface area contributed by atoms with Crippen molar-refractivity contribution in [3.63, 3.8) is 0 Å². The molecule has 6 rings (SSSR count). The Morgan fingerprint density at radius 3 is 2.64 bits per heavy atom. The lowest BCUT2D eigenvalue weighted by Crippen LogP contribution is -2.19. The highest BCUT2D eigenvalue weighted by atomic mass is 35.5. The number of esters is 1. The lowest BCUT2D eigenvalue weighted by atomic mass is 9.80. The minimum atomic E-state index is -0.508. The van der Waals surface area contributed by atoms with Gasteiger partial charge in [-0.15, -0.1) is 0 Å². The van der Waals surface area contributed by atoms with Crippen molar-refractivity contribution in [2.24, 2.45) is 5.92 Å². The van der Waals surface area contributed by atoms with Crippen LogP contribution in [0.4, 0.5) is 0 Å². The fourth-order valence-corrected chi connectivity index (χ4v) is 5.57. The van der Waals surface area contributed by atoms with Crippen LogP contribution in [0.3, 0.4) is 0 Å². The highest BCUT2D eigenvalue weighted by Gasteiger charge is 2.29. The van der Waals surface area contributed by atoms with Crippen molar-refractivity contribution < 1.29 is 13.9 Å². The number of nitrogens with zero attached hydrogens (tertiary/aromatic N) is 1. The maximum absolute atomic E-state index is 13.8. The fourth-order valence-electron chi connectivity index (χ4n) is 5.40. The maximum atomic E-state index is 13.8. The first-order valence-electron chi connectivity index (χ1n) is 12.9. The molecule has 0 N–H and O–H groups in total. The Bertz CT molecular complexity index is 1840. The van der Waals surface area contributed by atoms with Crippen LogP contribution in [-0.2, 0) is 17.8 Å². The van der Waals surface area contributed by atoms with Gasteiger partial charge in [0.1, 0.15) is 12.2 Å². The van der Waals surface area contributed by atoms with Crippen LogP contribution in [0.1, 0.15) is 51.7 Å². The zero-order valence-electron chi connectivity index (χ0n) is 21.7. The Morgan fingerprint density at radius 2 is 1.82 bits per heavy atom. The van der Waals surface area contributed by atoms with Crippen molar-refractivity contribution in [3.05, 3.63) is 122 Å². The van der Waals surface area contributed by atoms with Gasteiger partial charge >= 0.3 is 11.6 Å². The number of fused-ring (bicyclic) bond motifs is 3. The highest BCUT2D eigenvalue weighted by molar-refractivity contribution is 6.32. The van der Waals surface area contributed by atoms with E-state index in [9.17, 15) is 9.59 Å². The van der Waals surface area contributed by atoms with E-state index in [1.807, 2.05) is 49.4 Å². The Balaban J connectivity index is 1.44. The molecule has 39 heavy (non-hydrogen) atoms. The molecular weight excluding hydrogens is 510 g/mol. The summed E-state index contributed by atoms with van der Waals surface area (Å²) in [6, 6.07) is 22.6. The highest BCUT2D eigenvalue weighted by Crippen LogP contribution is 2.39. The van der Waals surface area contributed by atoms with Gasteiger partial charge in [-0.25, -0.2) is 14.6 Å². The molecule has 1 aliphatic carbocycles. The van der Waals surface area contributed by atoms with Gasteiger partial charge in [-0.05, 0) is 72.2 Å². The molecule has 0 spiro atoms. The van der Waals surface area contributed by atoms with Crippen LogP contribution in [0.2, 0.25) is 5.02 Å². The van der Waals surface area contributed by atoms with Crippen LogP contribution in [0.25, 0.3) is 33.5 Å². The second-order valence-electron chi connectivity index (χ2n) is 10.2. The third kappa shape index (κ3) is 4.86. The molecule has 0 bridgehead atoms. The Labute approximate surface area is 230 Å². The van der Waals surface area contributed by atoms with Crippen molar-refractivity contribution in [2.75, 3.05) is 0 Å². The quantitative estimate of drug-likeness (QED) is 0.173. The van der Waals surface area contributed by atoms with E-state index < -0.39 is 11.6 Å². The summed E-state index contributed by atoms with van der Waals surface area (Å²) in [6.45, 7) is 3.94. The average molecular weight is 536 g/mol. The molecule has 0 saturated heterocycles. The predicted octanol–water partition coefficient (Wildman–Crippen LogP) is 7.78. The molecule has 0 unspecified atom stereocenters. The van der Waals surface area contributed by atoms with Gasteiger partial charge in [-0.2, -0.15) is 0 Å². The normalized spacial score (nSPS) is 16.0. The maximum Gasteiger partial charge on any atom is 0.339 e. The number of hydrogen-bond donors (Lipinski definition) is 0. The van der Waals surface area contributed by atoms with Crippen molar-refractivity contribution in [1.29, 1.82) is 0 Å². The molecule has 0 aliphatic heterocycles. The summed E-state index contributed by atoms with van der Waals surface area (Å²) >= 11 is 6.35. The van der Waals surface area contributed by atoms with Gasteiger partial charge in [0.25, 0.3) is 0 Å². The topological polar surface area (TPSA) is 69.4 Å². The second-order valence-corrected chi connectivity index (χ2v) is 10.6. The van der Waals surface area contributed by atoms with Crippen LogP contribution in [0, 0.1) is 12.8 Å². The zero-order chi connectivity index (χ0) is 27.1. The lowest BCUT2D eigenvalue weighted by Gasteiger charge is -2.26. The van der Waals surface area contributed by atoms with Gasteiger partial charge in [0.2, 0.25) is 0 Å². The predicted molar refractivity (Wildman–Crippen MR) is 155 cm³/mol. The molecule has 0 saturated carbocycles. The van der Waals surface area contributed by atoms with Crippen molar-refractivity contribution in [2.45, 2.75) is 33.3 Å². The number of benzene rings is 3. The first kappa shape index (κ1) is 25.1. The number of halogens is 1. The van der Waals surface area contributed by atoms with E-state index in [1.54, 1.807) is 12.1 Å². The number of carbonyl (C=O) groups excluding carboxylic acids is 1. The Morgan fingerprint density at radius 1 is 1.05 bits per heavy atom. The molecule has 3 aromatic carbocycles. The molecule has 5 nitrogen and oxygen atoms in total. The number of para-hydroxylation sites is 1. The third-order valence-corrected chi connectivity index (χ3v) is 7.64. The average Bonchev–Trinajstić information content (AvgIpc) is 2.92. The second kappa shape index (κ2) is 10.2. The molecule has 194 valence electrons. The smallest absolute Gasteiger partial charge is 0.339 e. The molecule has 0 amide bonds. The van der Waals surface area contributed by atoms with E-state index in [4.69, 9.17) is 25.7 Å². The number of pyridine rings is 1. The van der Waals surface area contributed by atoms with Crippen molar-refractivity contribution >= 4 is 51.1 Å². The molecule has 1 aliphatic rings. The van der Waals surface area contributed by atoms with Gasteiger partial charge in [0.05, 0.1) is 16.8 Å². The Hall–Kier alpha value is -4.22. The molecule has 0 radical (unpaired) electrons. The first-order valence-corrected chi connectivity index (χ1v) is 13.3. The summed E-state index contributed by atoms with van der Waals surface area (Å²) in [4.78, 5) is 31.1. The summed E-state index contributed by atoms with van der Waals surface area (Å²) in [5, 5.41) is 1.94. The van der Waals surface area contributed by atoms with Crippen LogP contribution >= 0.6 is 11.6 Å². The number of allylic oxidation sites excluding steroid dienone is 1. The number of carbonyl (C=O) groups is 1. The van der Waals surface area contributed by atoms with Crippen LogP contribution in [0.5, 0.6) is 0 Å². The SMILES string of the molecule is Cc1cc2oc(=O)cc(COC(=O)c3c4c(nc5ccccc35)/C(=C\c3ccccc3)C[C@@H](C)C4)c2cc1Cl. The van der Waals surface area contributed by atoms with Crippen LogP contribution < -0.4 is 5.63 Å². The summed E-state index contributed by atoms with van der Waals surface area (Å²) < 4.78 is 11.3. The van der Waals surface area contributed by atoms with Gasteiger partial charge < -0.3 is 9.15 Å². The van der Waals surface area contributed by atoms with E-state index in [0.717, 1.165) is 51.7 Å². The number of aromatic nitrogens is 1. The van der Waals surface area contributed by atoms with Gasteiger partial charge in [0, 0.05) is 27.4 Å². The fraction of sp³-hybridized carbons (Fsp3) is 0.182. The minimum Gasteiger partial charge on any atom is -0.457 e. The monoisotopic (exact) mass is 535 g/mol. The summed E-state index contributed by atoms with van der Waals surface area (Å²) in [7, 11) is 0. The van der Waals surface area contributed by atoms with Crippen LogP contribution in [-0.4, -0.2) is 11.0 Å². The van der Waals surface area contributed by atoms with E-state index >= 15 is 0 Å². The Kier molecular flexibility index (Phi) is 6.53. The van der Waals surface area contributed by atoms with E-state index in [-0.39, 0.29) is 6.61 Å². The molecule has 2 aromatic heterocycles. The third-order valence-electron chi connectivity index (χ3n) is 7.23. The first-order chi connectivity index (χ1) is 18.9. The molecule has 6 heteroatoms. The minimum absolute atomic E-state index is 0.0893. The van der Waals surface area contributed by atoms with E-state index in [0.29, 0.717) is 33.0 Å². The zero-order valence-corrected chi connectivity index (χ0v) is 22.4. The largest absolute Gasteiger partial charge is 0.457 e. The standard InChI is InChI=1S/C33H26ClNO4/c1-19-12-22(15-21-8-4-3-5-9-21)32-26(13-19)31(24-10-6-7-11-28(24)35-32)33(37)38-18-23-16-30(36)39-29-14-20(2)27(34)17-25(23)29/h3-11,14-17,19H,12-13,18H2,1-2H3/b22-15-/t19-/m1/s1. The number of aryl methyl sites for hydroxylation is 1.